The number of anilines is 4. The van der Waals surface area contributed by atoms with Crippen molar-refractivity contribution >= 4 is 22.7 Å². The quantitative estimate of drug-likeness (QED) is 0.712. The Morgan fingerprint density at radius 2 is 1.41 bits per heavy atom. The number of nitrogens with one attached hydrogen (secondary N) is 1. The van der Waals surface area contributed by atoms with Gasteiger partial charge in [0.2, 0.25) is 0 Å². The van der Waals surface area contributed by atoms with E-state index in [0.717, 1.165) is 28.3 Å². The third kappa shape index (κ3) is 2.17. The van der Waals surface area contributed by atoms with Gasteiger partial charge in [0.1, 0.15) is 5.75 Å². The van der Waals surface area contributed by atoms with Gasteiger partial charge in [-0.2, -0.15) is 0 Å². The Hall–Kier alpha value is -2.94. The third-order valence-corrected chi connectivity index (χ3v) is 3.91. The minimum Gasteiger partial charge on any atom is -0.508 e. The van der Waals surface area contributed by atoms with E-state index in [1.807, 2.05) is 42.5 Å². The highest BCUT2D eigenvalue weighted by Crippen LogP contribution is 2.43. The molecule has 1 aliphatic rings. The predicted octanol–water partition coefficient (Wildman–Crippen LogP) is 4.79. The standard InChI is InChI=1S/C19H16N2O/c22-15-7-5-6-14(12-15)13-21-18-10-3-1-8-16(18)20-17-9-2-4-11-19(17)21/h1-12,20,22H,13H2. The Kier molecular flexibility index (Phi) is 2.97. The van der Waals surface area contributed by atoms with Gasteiger partial charge in [-0.25, -0.2) is 0 Å². The summed E-state index contributed by atoms with van der Waals surface area (Å²) in [6.45, 7) is 0.712. The first-order valence-electron chi connectivity index (χ1n) is 7.32. The molecule has 3 nitrogen and oxygen atoms in total. The van der Waals surface area contributed by atoms with Crippen LogP contribution >= 0.6 is 0 Å². The summed E-state index contributed by atoms with van der Waals surface area (Å²) >= 11 is 0. The molecule has 0 saturated carbocycles. The van der Waals surface area contributed by atoms with Gasteiger partial charge >= 0.3 is 0 Å². The number of nitrogens with zero attached hydrogens (tertiary/aromatic N) is 1. The van der Waals surface area contributed by atoms with Gasteiger partial charge in [0, 0.05) is 6.54 Å². The van der Waals surface area contributed by atoms with Crippen molar-refractivity contribution in [3.05, 3.63) is 78.4 Å². The number of hydrogen-bond acceptors (Lipinski definition) is 3. The molecule has 0 fully saturated rings. The van der Waals surface area contributed by atoms with Crippen LogP contribution in [0.2, 0.25) is 0 Å². The molecule has 0 spiro atoms. The van der Waals surface area contributed by atoms with Crippen molar-refractivity contribution in [2.24, 2.45) is 0 Å². The van der Waals surface area contributed by atoms with Crippen LogP contribution in [0.25, 0.3) is 0 Å². The summed E-state index contributed by atoms with van der Waals surface area (Å²) in [7, 11) is 0. The monoisotopic (exact) mass is 288 g/mol. The molecule has 0 radical (unpaired) electrons. The molecule has 4 rings (SSSR count). The highest BCUT2D eigenvalue weighted by Gasteiger charge is 2.21. The van der Waals surface area contributed by atoms with Crippen LogP contribution in [0.3, 0.4) is 0 Å². The van der Waals surface area contributed by atoms with Crippen LogP contribution in [0, 0.1) is 0 Å². The van der Waals surface area contributed by atoms with Crippen LogP contribution in [0.4, 0.5) is 22.7 Å². The van der Waals surface area contributed by atoms with E-state index < -0.39 is 0 Å². The fourth-order valence-corrected chi connectivity index (χ4v) is 2.91. The smallest absolute Gasteiger partial charge is 0.115 e. The van der Waals surface area contributed by atoms with Gasteiger partial charge in [-0.3, -0.25) is 0 Å². The highest BCUT2D eigenvalue weighted by atomic mass is 16.3. The Morgan fingerprint density at radius 3 is 2.05 bits per heavy atom. The van der Waals surface area contributed by atoms with E-state index in [-0.39, 0.29) is 0 Å². The summed E-state index contributed by atoms with van der Waals surface area (Å²) in [5.74, 6) is 0.300. The average Bonchev–Trinajstić information content (AvgIpc) is 2.55. The Morgan fingerprint density at radius 1 is 0.773 bits per heavy atom. The van der Waals surface area contributed by atoms with Crippen molar-refractivity contribution in [3.8, 4) is 5.75 Å². The molecule has 108 valence electrons. The third-order valence-electron chi connectivity index (χ3n) is 3.91. The van der Waals surface area contributed by atoms with Gasteiger partial charge < -0.3 is 15.3 Å². The van der Waals surface area contributed by atoms with Gasteiger partial charge in [-0.15, -0.1) is 0 Å². The van der Waals surface area contributed by atoms with Crippen molar-refractivity contribution in [2.45, 2.75) is 6.54 Å². The summed E-state index contributed by atoms with van der Waals surface area (Å²) in [6.07, 6.45) is 0. The van der Waals surface area contributed by atoms with Gasteiger partial charge in [0.25, 0.3) is 0 Å². The zero-order valence-electron chi connectivity index (χ0n) is 12.0. The summed E-state index contributed by atoms with van der Waals surface area (Å²) in [4.78, 5) is 2.27. The molecule has 3 heteroatoms. The van der Waals surface area contributed by atoms with Crippen LogP contribution in [-0.4, -0.2) is 5.11 Å². The zero-order chi connectivity index (χ0) is 14.9. The molecule has 0 saturated heterocycles. The molecular weight excluding hydrogens is 272 g/mol. The van der Waals surface area contributed by atoms with Gasteiger partial charge in [-0.1, -0.05) is 36.4 Å². The molecule has 0 bridgehead atoms. The number of fused-ring (bicyclic) bond motifs is 2. The Labute approximate surface area is 129 Å². The molecule has 0 atom stereocenters. The van der Waals surface area contributed by atoms with E-state index in [2.05, 4.69) is 34.5 Å². The van der Waals surface area contributed by atoms with Crippen molar-refractivity contribution < 1.29 is 5.11 Å². The lowest BCUT2D eigenvalue weighted by molar-refractivity contribution is 0.474. The van der Waals surface area contributed by atoms with Crippen LogP contribution in [-0.2, 0) is 6.54 Å². The maximum Gasteiger partial charge on any atom is 0.115 e. The number of rotatable bonds is 2. The van der Waals surface area contributed by atoms with Crippen molar-refractivity contribution in [1.82, 2.24) is 0 Å². The summed E-state index contributed by atoms with van der Waals surface area (Å²) in [5, 5.41) is 13.2. The van der Waals surface area contributed by atoms with E-state index in [0.29, 0.717) is 12.3 Å². The van der Waals surface area contributed by atoms with E-state index in [9.17, 15) is 5.11 Å². The Balaban J connectivity index is 1.81. The molecule has 2 N–H and O–H groups in total. The first kappa shape index (κ1) is 12.8. The van der Waals surface area contributed by atoms with E-state index in [1.165, 1.54) is 0 Å². The number of hydrogen-bond donors (Lipinski definition) is 2. The van der Waals surface area contributed by atoms with Crippen LogP contribution < -0.4 is 10.2 Å². The number of phenols is 1. The van der Waals surface area contributed by atoms with Gasteiger partial charge in [0.05, 0.1) is 22.7 Å². The molecule has 0 aliphatic carbocycles. The number of phenolic OH excluding ortho intramolecular Hbond substituents is 1. The van der Waals surface area contributed by atoms with E-state index in [4.69, 9.17) is 0 Å². The molecule has 0 unspecified atom stereocenters. The zero-order valence-corrected chi connectivity index (χ0v) is 12.0. The molecule has 22 heavy (non-hydrogen) atoms. The molecular formula is C19H16N2O. The molecule has 0 amide bonds. The molecule has 1 aliphatic heterocycles. The SMILES string of the molecule is Oc1cccc(CN2c3ccccc3Nc3ccccc32)c1. The second-order valence-electron chi connectivity index (χ2n) is 5.42. The largest absolute Gasteiger partial charge is 0.508 e. The molecule has 1 heterocycles. The summed E-state index contributed by atoms with van der Waals surface area (Å²) < 4.78 is 0. The number of benzene rings is 3. The van der Waals surface area contributed by atoms with Crippen molar-refractivity contribution in [2.75, 3.05) is 10.2 Å². The lowest BCUT2D eigenvalue weighted by Gasteiger charge is -2.34. The summed E-state index contributed by atoms with van der Waals surface area (Å²) in [5.41, 5.74) is 5.56. The number of aromatic hydroxyl groups is 1. The second kappa shape index (κ2) is 5.11. The average molecular weight is 288 g/mol. The fourth-order valence-electron chi connectivity index (χ4n) is 2.91. The molecule has 3 aromatic carbocycles. The first-order valence-corrected chi connectivity index (χ1v) is 7.32. The Bertz CT molecular complexity index is 783. The van der Waals surface area contributed by atoms with E-state index in [1.54, 1.807) is 6.07 Å². The maximum absolute atomic E-state index is 9.70. The summed E-state index contributed by atoms with van der Waals surface area (Å²) in [6, 6.07) is 24.0. The van der Waals surface area contributed by atoms with Crippen LogP contribution in [0.1, 0.15) is 5.56 Å². The first-order chi connectivity index (χ1) is 10.8. The van der Waals surface area contributed by atoms with Crippen molar-refractivity contribution in [1.29, 1.82) is 0 Å². The highest BCUT2D eigenvalue weighted by molar-refractivity contribution is 5.91. The van der Waals surface area contributed by atoms with E-state index >= 15 is 0 Å². The lowest BCUT2D eigenvalue weighted by Crippen LogP contribution is -2.22. The van der Waals surface area contributed by atoms with Crippen LogP contribution in [0.5, 0.6) is 5.75 Å². The lowest BCUT2D eigenvalue weighted by atomic mass is 10.1. The minimum absolute atomic E-state index is 0.300. The second-order valence-corrected chi connectivity index (χ2v) is 5.42. The van der Waals surface area contributed by atoms with Gasteiger partial charge in [-0.05, 0) is 42.0 Å². The normalized spacial score (nSPS) is 12.3. The van der Waals surface area contributed by atoms with Crippen LogP contribution in [0.15, 0.2) is 72.8 Å². The number of para-hydroxylation sites is 4. The fraction of sp³-hybridized carbons (Fsp3) is 0.0526. The predicted molar refractivity (Wildman–Crippen MR) is 90.1 cm³/mol. The topological polar surface area (TPSA) is 35.5 Å². The van der Waals surface area contributed by atoms with Crippen molar-refractivity contribution in [3.63, 3.8) is 0 Å². The minimum atomic E-state index is 0.300. The molecule has 3 aromatic rings. The van der Waals surface area contributed by atoms with Gasteiger partial charge in [0.15, 0.2) is 0 Å². The molecule has 0 aromatic heterocycles. The maximum atomic E-state index is 9.70.